The van der Waals surface area contributed by atoms with E-state index in [1.165, 1.54) is 6.33 Å². The molecule has 80 valence electrons. The molecule has 0 fully saturated rings. The average Bonchev–Trinajstić information content (AvgIpc) is 2.31. The van der Waals surface area contributed by atoms with Gasteiger partial charge < -0.3 is 5.32 Å². The van der Waals surface area contributed by atoms with Crippen LogP contribution < -0.4 is 5.32 Å². The van der Waals surface area contributed by atoms with Crippen molar-refractivity contribution in [1.82, 2.24) is 9.97 Å². The second kappa shape index (κ2) is 4.53. The number of Topliss-reactive ketones (excluding diaryl/α,β-unsaturated/α-hetero) is 1. The first-order valence-electron chi connectivity index (χ1n) is 4.90. The molecule has 0 amide bonds. The van der Waals surface area contributed by atoms with Gasteiger partial charge in [0.15, 0.2) is 5.78 Å². The van der Waals surface area contributed by atoms with E-state index < -0.39 is 0 Å². The van der Waals surface area contributed by atoms with E-state index in [9.17, 15) is 4.79 Å². The average molecular weight is 213 g/mol. The van der Waals surface area contributed by atoms with Crippen LogP contribution in [0.3, 0.4) is 0 Å². The standard InChI is InChI=1S/C12H11N3O/c1-9(16)10-4-2-3-5-11(10)15-12-6-7-13-8-14-12/h2-8H,1H3,(H,13,14,15). The van der Waals surface area contributed by atoms with Crippen molar-refractivity contribution in [2.24, 2.45) is 0 Å². The molecule has 0 saturated carbocycles. The summed E-state index contributed by atoms with van der Waals surface area (Å²) in [5.74, 6) is 0.695. The topological polar surface area (TPSA) is 54.9 Å². The van der Waals surface area contributed by atoms with Crippen molar-refractivity contribution in [2.45, 2.75) is 6.92 Å². The zero-order valence-electron chi connectivity index (χ0n) is 8.84. The van der Waals surface area contributed by atoms with E-state index in [0.717, 1.165) is 5.69 Å². The van der Waals surface area contributed by atoms with Crippen LogP contribution >= 0.6 is 0 Å². The minimum atomic E-state index is 0.0251. The molecular formula is C12H11N3O. The van der Waals surface area contributed by atoms with E-state index in [1.54, 1.807) is 25.3 Å². The summed E-state index contributed by atoms with van der Waals surface area (Å²) in [4.78, 5) is 19.3. The van der Waals surface area contributed by atoms with Crippen LogP contribution in [0.4, 0.5) is 11.5 Å². The molecule has 1 heterocycles. The molecule has 0 atom stereocenters. The molecule has 0 saturated heterocycles. The highest BCUT2D eigenvalue weighted by atomic mass is 16.1. The quantitative estimate of drug-likeness (QED) is 0.795. The van der Waals surface area contributed by atoms with Crippen LogP contribution in [0, 0.1) is 0 Å². The Hall–Kier alpha value is -2.23. The number of hydrogen-bond acceptors (Lipinski definition) is 4. The van der Waals surface area contributed by atoms with Gasteiger partial charge in [-0.3, -0.25) is 4.79 Å². The van der Waals surface area contributed by atoms with Crippen molar-refractivity contribution in [2.75, 3.05) is 5.32 Å². The first-order chi connectivity index (χ1) is 7.77. The summed E-state index contributed by atoms with van der Waals surface area (Å²) in [6.45, 7) is 1.54. The van der Waals surface area contributed by atoms with Crippen LogP contribution in [0.1, 0.15) is 17.3 Å². The highest BCUT2D eigenvalue weighted by Gasteiger charge is 2.06. The summed E-state index contributed by atoms with van der Waals surface area (Å²) in [5.41, 5.74) is 1.41. The molecule has 0 aliphatic rings. The first-order valence-corrected chi connectivity index (χ1v) is 4.90. The molecule has 0 radical (unpaired) electrons. The molecule has 16 heavy (non-hydrogen) atoms. The van der Waals surface area contributed by atoms with Crippen LogP contribution in [-0.2, 0) is 0 Å². The first kappa shape index (κ1) is 10.3. The Kier molecular flexibility index (Phi) is 2.91. The van der Waals surface area contributed by atoms with E-state index in [2.05, 4.69) is 15.3 Å². The molecule has 0 aliphatic heterocycles. The number of aromatic nitrogens is 2. The third-order valence-corrected chi connectivity index (χ3v) is 2.15. The number of anilines is 2. The van der Waals surface area contributed by atoms with Gasteiger partial charge in [-0.15, -0.1) is 0 Å². The lowest BCUT2D eigenvalue weighted by Gasteiger charge is -2.08. The monoisotopic (exact) mass is 213 g/mol. The molecule has 1 N–H and O–H groups in total. The number of rotatable bonds is 3. The van der Waals surface area contributed by atoms with Crippen molar-refractivity contribution >= 4 is 17.3 Å². The molecule has 0 unspecified atom stereocenters. The molecule has 2 aromatic rings. The van der Waals surface area contributed by atoms with Crippen molar-refractivity contribution < 1.29 is 4.79 Å². The van der Waals surface area contributed by atoms with E-state index in [4.69, 9.17) is 0 Å². The fourth-order valence-electron chi connectivity index (χ4n) is 1.40. The number of benzene rings is 1. The summed E-state index contributed by atoms with van der Waals surface area (Å²) in [7, 11) is 0. The van der Waals surface area contributed by atoms with Crippen molar-refractivity contribution in [3.8, 4) is 0 Å². The SMILES string of the molecule is CC(=O)c1ccccc1Nc1ccncn1. The lowest BCUT2D eigenvalue weighted by Crippen LogP contribution is -2.01. The van der Waals surface area contributed by atoms with Gasteiger partial charge in [-0.05, 0) is 25.1 Å². The van der Waals surface area contributed by atoms with Crippen LogP contribution in [0.2, 0.25) is 0 Å². The Morgan fingerprint density at radius 1 is 1.25 bits per heavy atom. The number of nitrogens with zero attached hydrogens (tertiary/aromatic N) is 2. The van der Waals surface area contributed by atoms with Crippen LogP contribution in [0.25, 0.3) is 0 Å². The number of hydrogen-bond donors (Lipinski definition) is 1. The Morgan fingerprint density at radius 2 is 2.06 bits per heavy atom. The normalized spacial score (nSPS) is 9.81. The fourth-order valence-corrected chi connectivity index (χ4v) is 1.40. The van der Waals surface area contributed by atoms with Crippen molar-refractivity contribution in [1.29, 1.82) is 0 Å². The summed E-state index contributed by atoms with van der Waals surface area (Å²) >= 11 is 0. The lowest BCUT2D eigenvalue weighted by atomic mass is 10.1. The van der Waals surface area contributed by atoms with Gasteiger partial charge in [0.05, 0.1) is 5.69 Å². The van der Waals surface area contributed by atoms with Crippen LogP contribution in [0.15, 0.2) is 42.9 Å². The van der Waals surface area contributed by atoms with Crippen LogP contribution in [0.5, 0.6) is 0 Å². The molecule has 4 nitrogen and oxygen atoms in total. The van der Waals surface area contributed by atoms with Gasteiger partial charge in [0.2, 0.25) is 0 Å². The molecule has 0 spiro atoms. The molecule has 0 bridgehead atoms. The predicted octanol–water partition coefficient (Wildman–Crippen LogP) is 2.42. The van der Waals surface area contributed by atoms with E-state index >= 15 is 0 Å². The maximum Gasteiger partial charge on any atom is 0.161 e. The second-order valence-corrected chi connectivity index (χ2v) is 3.32. The molecule has 0 aliphatic carbocycles. The summed E-state index contributed by atoms with van der Waals surface area (Å²) in [5, 5.41) is 3.08. The van der Waals surface area contributed by atoms with E-state index in [1.807, 2.05) is 18.2 Å². The van der Waals surface area contributed by atoms with Crippen molar-refractivity contribution in [3.63, 3.8) is 0 Å². The Labute approximate surface area is 93.4 Å². The Morgan fingerprint density at radius 3 is 2.75 bits per heavy atom. The molecular weight excluding hydrogens is 202 g/mol. The number of carbonyl (C=O) groups excluding carboxylic acids is 1. The zero-order chi connectivity index (χ0) is 11.4. The third kappa shape index (κ3) is 2.23. The third-order valence-electron chi connectivity index (χ3n) is 2.15. The van der Waals surface area contributed by atoms with E-state index in [0.29, 0.717) is 11.4 Å². The number of nitrogens with one attached hydrogen (secondary N) is 1. The van der Waals surface area contributed by atoms with Gasteiger partial charge >= 0.3 is 0 Å². The highest BCUT2D eigenvalue weighted by molar-refractivity contribution is 6.00. The van der Waals surface area contributed by atoms with E-state index in [-0.39, 0.29) is 5.78 Å². The highest BCUT2D eigenvalue weighted by Crippen LogP contribution is 2.19. The minimum Gasteiger partial charge on any atom is -0.340 e. The molecule has 1 aromatic carbocycles. The second-order valence-electron chi connectivity index (χ2n) is 3.32. The maximum absolute atomic E-state index is 11.4. The summed E-state index contributed by atoms with van der Waals surface area (Å²) in [6.07, 6.45) is 3.10. The molecule has 4 heteroatoms. The van der Waals surface area contributed by atoms with Crippen molar-refractivity contribution in [3.05, 3.63) is 48.4 Å². The molecule has 1 aromatic heterocycles. The number of ketones is 1. The lowest BCUT2D eigenvalue weighted by molar-refractivity contribution is 0.101. The zero-order valence-corrected chi connectivity index (χ0v) is 8.84. The van der Waals surface area contributed by atoms with Gasteiger partial charge in [-0.1, -0.05) is 12.1 Å². The summed E-state index contributed by atoms with van der Waals surface area (Å²) < 4.78 is 0. The smallest absolute Gasteiger partial charge is 0.161 e. The fraction of sp³-hybridized carbons (Fsp3) is 0.0833. The molecule has 2 rings (SSSR count). The van der Waals surface area contributed by atoms with Gasteiger partial charge in [-0.25, -0.2) is 9.97 Å². The van der Waals surface area contributed by atoms with Gasteiger partial charge in [0.25, 0.3) is 0 Å². The number of para-hydroxylation sites is 1. The Bertz CT molecular complexity index is 497. The van der Waals surface area contributed by atoms with Gasteiger partial charge in [0, 0.05) is 11.8 Å². The van der Waals surface area contributed by atoms with Gasteiger partial charge in [-0.2, -0.15) is 0 Å². The van der Waals surface area contributed by atoms with Gasteiger partial charge in [0.1, 0.15) is 12.1 Å². The minimum absolute atomic E-state index is 0.0251. The maximum atomic E-state index is 11.4. The number of carbonyl (C=O) groups is 1. The summed E-state index contributed by atoms with van der Waals surface area (Å²) in [6, 6.07) is 9.08. The van der Waals surface area contributed by atoms with Crippen LogP contribution in [-0.4, -0.2) is 15.8 Å². The Balaban J connectivity index is 2.31. The largest absolute Gasteiger partial charge is 0.340 e. The predicted molar refractivity (Wildman–Crippen MR) is 61.8 cm³/mol.